The fraction of sp³-hybridized carbons (Fsp3) is 0.737. The van der Waals surface area contributed by atoms with E-state index in [-0.39, 0.29) is 0 Å². The van der Waals surface area contributed by atoms with E-state index in [0.717, 1.165) is 84.3 Å². The number of anilines is 1. The molecule has 0 saturated carbocycles. The highest BCUT2D eigenvalue weighted by Crippen LogP contribution is 2.22. The number of aliphatic imine (C=N–C) groups is 1. The number of hydrogen-bond acceptors (Lipinski definition) is 5. The molecule has 146 valence electrons. The molecule has 1 aromatic heterocycles. The van der Waals surface area contributed by atoms with Crippen LogP contribution in [0.25, 0.3) is 0 Å². The summed E-state index contributed by atoms with van der Waals surface area (Å²) in [6.07, 6.45) is 3.41. The summed E-state index contributed by atoms with van der Waals surface area (Å²) < 4.78 is 11.3. The van der Waals surface area contributed by atoms with Crippen LogP contribution in [-0.2, 0) is 9.47 Å². The van der Waals surface area contributed by atoms with Crippen LogP contribution in [0.1, 0.15) is 26.2 Å². The van der Waals surface area contributed by atoms with Gasteiger partial charge in [-0.25, -0.2) is 0 Å². The molecule has 0 aromatic carbocycles. The average Bonchev–Trinajstić information content (AvgIpc) is 3.23. The quantitative estimate of drug-likeness (QED) is 0.447. The molecule has 2 aliphatic heterocycles. The summed E-state index contributed by atoms with van der Waals surface area (Å²) in [4.78, 5) is 9.67. The lowest BCUT2D eigenvalue weighted by atomic mass is 10.1. The first-order chi connectivity index (χ1) is 12.9. The van der Waals surface area contributed by atoms with Gasteiger partial charge in [0.05, 0.1) is 11.1 Å². The van der Waals surface area contributed by atoms with Gasteiger partial charge in [-0.2, -0.15) is 0 Å². The average molecular weight is 381 g/mol. The van der Waals surface area contributed by atoms with Crippen molar-refractivity contribution >= 4 is 22.3 Å². The van der Waals surface area contributed by atoms with Crippen molar-refractivity contribution in [3.05, 3.63) is 17.5 Å². The summed E-state index contributed by atoms with van der Waals surface area (Å²) in [5.41, 5.74) is 0. The molecule has 2 aliphatic rings. The first-order valence-electron chi connectivity index (χ1n) is 9.88. The summed E-state index contributed by atoms with van der Waals surface area (Å²) in [5, 5.41) is 6.97. The summed E-state index contributed by atoms with van der Waals surface area (Å²) in [6.45, 7) is 10.5. The van der Waals surface area contributed by atoms with Gasteiger partial charge >= 0.3 is 0 Å². The van der Waals surface area contributed by atoms with Gasteiger partial charge in [-0.1, -0.05) is 0 Å². The van der Waals surface area contributed by atoms with E-state index in [1.807, 2.05) is 11.3 Å². The van der Waals surface area contributed by atoms with Gasteiger partial charge in [-0.05, 0) is 43.7 Å². The summed E-state index contributed by atoms with van der Waals surface area (Å²) in [6, 6.07) is 4.33. The molecular formula is C19H32N4O2S. The van der Waals surface area contributed by atoms with Gasteiger partial charge in [0.1, 0.15) is 0 Å². The molecule has 26 heavy (non-hydrogen) atoms. The number of ether oxygens (including phenoxy) is 2. The van der Waals surface area contributed by atoms with Crippen molar-refractivity contribution in [1.82, 2.24) is 10.2 Å². The zero-order chi connectivity index (χ0) is 18.0. The Morgan fingerprint density at radius 2 is 2.12 bits per heavy atom. The Balaban J connectivity index is 1.39. The molecule has 0 aliphatic carbocycles. The molecule has 0 unspecified atom stereocenters. The highest BCUT2D eigenvalue weighted by Gasteiger charge is 2.20. The highest BCUT2D eigenvalue weighted by molar-refractivity contribution is 7.14. The maximum absolute atomic E-state index is 5.94. The van der Waals surface area contributed by atoms with E-state index in [1.165, 1.54) is 5.00 Å². The van der Waals surface area contributed by atoms with Crippen LogP contribution in [0.4, 0.5) is 5.00 Å². The molecule has 0 spiro atoms. The highest BCUT2D eigenvalue weighted by atomic mass is 32.1. The van der Waals surface area contributed by atoms with Gasteiger partial charge in [0.25, 0.3) is 0 Å². The van der Waals surface area contributed by atoms with Gasteiger partial charge in [0.15, 0.2) is 5.96 Å². The Kier molecular flexibility index (Phi) is 8.04. The number of guanidine groups is 1. The molecule has 0 bridgehead atoms. The third-order valence-electron chi connectivity index (χ3n) is 4.82. The lowest BCUT2D eigenvalue weighted by molar-refractivity contribution is -0.0318. The Morgan fingerprint density at radius 1 is 1.31 bits per heavy atom. The summed E-state index contributed by atoms with van der Waals surface area (Å²) >= 11 is 1.82. The van der Waals surface area contributed by atoms with Gasteiger partial charge in [0.2, 0.25) is 0 Å². The number of thiophene rings is 1. The van der Waals surface area contributed by atoms with Crippen LogP contribution < -0.4 is 10.2 Å². The molecule has 2 saturated heterocycles. The van der Waals surface area contributed by atoms with Crippen molar-refractivity contribution in [2.24, 2.45) is 4.99 Å². The Bertz CT molecular complexity index is 524. The van der Waals surface area contributed by atoms with Gasteiger partial charge in [-0.15, -0.1) is 11.3 Å². The molecule has 1 aromatic rings. The minimum Gasteiger partial charge on any atom is -0.381 e. The van der Waals surface area contributed by atoms with Crippen molar-refractivity contribution in [3.63, 3.8) is 0 Å². The van der Waals surface area contributed by atoms with Crippen LogP contribution in [0, 0.1) is 0 Å². The maximum Gasteiger partial charge on any atom is 0.194 e. The third kappa shape index (κ3) is 5.86. The molecule has 0 radical (unpaired) electrons. The van der Waals surface area contributed by atoms with Gasteiger partial charge in [0, 0.05) is 59.1 Å². The fourth-order valence-electron chi connectivity index (χ4n) is 3.36. The van der Waals surface area contributed by atoms with Crippen LogP contribution in [0.15, 0.2) is 22.5 Å². The maximum atomic E-state index is 5.94. The number of nitrogens with one attached hydrogen (secondary N) is 1. The zero-order valence-electron chi connectivity index (χ0n) is 15.9. The molecule has 0 amide bonds. The van der Waals surface area contributed by atoms with Crippen LogP contribution in [0.2, 0.25) is 0 Å². The van der Waals surface area contributed by atoms with E-state index in [9.17, 15) is 0 Å². The predicted octanol–water partition coefficient (Wildman–Crippen LogP) is 2.42. The molecule has 3 heterocycles. The minimum absolute atomic E-state index is 0.381. The van der Waals surface area contributed by atoms with E-state index in [1.54, 1.807) is 0 Å². The number of nitrogens with zero attached hydrogens (tertiary/aromatic N) is 3. The van der Waals surface area contributed by atoms with Gasteiger partial charge in [-0.3, -0.25) is 4.99 Å². The topological polar surface area (TPSA) is 49.3 Å². The molecule has 6 nitrogen and oxygen atoms in total. The van der Waals surface area contributed by atoms with Crippen LogP contribution in [0.3, 0.4) is 0 Å². The Hall–Kier alpha value is -1.31. The van der Waals surface area contributed by atoms with Crippen molar-refractivity contribution < 1.29 is 9.47 Å². The molecular weight excluding hydrogens is 348 g/mol. The lowest BCUT2D eigenvalue weighted by Crippen LogP contribution is -2.52. The van der Waals surface area contributed by atoms with E-state index in [4.69, 9.17) is 14.5 Å². The molecule has 3 rings (SSSR count). The smallest absolute Gasteiger partial charge is 0.194 e. The minimum atomic E-state index is 0.381. The van der Waals surface area contributed by atoms with E-state index in [2.05, 4.69) is 39.6 Å². The van der Waals surface area contributed by atoms with Crippen LogP contribution in [-0.4, -0.2) is 76.1 Å². The van der Waals surface area contributed by atoms with E-state index in [0.29, 0.717) is 6.10 Å². The second-order valence-corrected chi connectivity index (χ2v) is 7.62. The first-order valence-corrected chi connectivity index (χ1v) is 10.8. The van der Waals surface area contributed by atoms with Gasteiger partial charge < -0.3 is 24.6 Å². The largest absolute Gasteiger partial charge is 0.381 e. The number of rotatable bonds is 7. The summed E-state index contributed by atoms with van der Waals surface area (Å²) in [7, 11) is 0. The molecule has 7 heteroatoms. The second-order valence-electron chi connectivity index (χ2n) is 6.70. The summed E-state index contributed by atoms with van der Waals surface area (Å²) in [5.74, 6) is 1.05. The fourth-order valence-corrected chi connectivity index (χ4v) is 4.14. The Labute approximate surface area is 161 Å². The number of piperazine rings is 1. The molecule has 1 N–H and O–H groups in total. The Morgan fingerprint density at radius 3 is 2.81 bits per heavy atom. The van der Waals surface area contributed by atoms with Crippen LogP contribution >= 0.6 is 11.3 Å². The lowest BCUT2D eigenvalue weighted by Gasteiger charge is -2.37. The van der Waals surface area contributed by atoms with Crippen molar-refractivity contribution in [2.75, 3.05) is 64.0 Å². The second kappa shape index (κ2) is 10.7. The predicted molar refractivity (Wildman–Crippen MR) is 108 cm³/mol. The molecule has 2 fully saturated rings. The van der Waals surface area contributed by atoms with Crippen molar-refractivity contribution in [1.29, 1.82) is 0 Å². The van der Waals surface area contributed by atoms with Crippen molar-refractivity contribution in [2.45, 2.75) is 32.3 Å². The van der Waals surface area contributed by atoms with E-state index >= 15 is 0 Å². The normalized spacial score (nSPS) is 19.8. The standard InChI is InChI=1S/C19H32N4O2S/c1-2-20-19(21-8-4-13-25-17-6-14-24-15-7-17)23-11-9-22(10-12-23)18-5-3-16-26-18/h3,5,16-17H,2,4,6-15H2,1H3,(H,20,21). The van der Waals surface area contributed by atoms with Crippen LogP contribution in [0.5, 0.6) is 0 Å². The number of hydrogen-bond donors (Lipinski definition) is 1. The first kappa shape index (κ1) is 19.5. The van der Waals surface area contributed by atoms with E-state index < -0.39 is 0 Å². The third-order valence-corrected chi connectivity index (χ3v) is 5.75. The zero-order valence-corrected chi connectivity index (χ0v) is 16.7. The molecule has 0 atom stereocenters. The monoisotopic (exact) mass is 380 g/mol. The van der Waals surface area contributed by atoms with Crippen molar-refractivity contribution in [3.8, 4) is 0 Å². The SMILES string of the molecule is CCNC(=NCCCOC1CCOCC1)N1CCN(c2cccs2)CC1.